The van der Waals surface area contributed by atoms with Gasteiger partial charge in [0.1, 0.15) is 0 Å². The van der Waals surface area contributed by atoms with E-state index in [0.29, 0.717) is 0 Å². The second-order valence-corrected chi connectivity index (χ2v) is 2.59. The Morgan fingerprint density at radius 3 is 2.79 bits per heavy atom. The highest BCUT2D eigenvalue weighted by Crippen LogP contribution is 2.05. The number of nitrogens with zero attached hydrogens (tertiary/aromatic N) is 1. The monoisotopic (exact) mass is 194 g/mol. The molecule has 0 spiro atoms. The van der Waals surface area contributed by atoms with E-state index in [9.17, 15) is 9.59 Å². The summed E-state index contributed by atoms with van der Waals surface area (Å²) in [5.41, 5.74) is 10.7. The van der Waals surface area contributed by atoms with Gasteiger partial charge in [-0.1, -0.05) is 0 Å². The lowest BCUT2D eigenvalue weighted by Crippen LogP contribution is -2.34. The number of nitrogens with one attached hydrogen (secondary N) is 1. The van der Waals surface area contributed by atoms with Crippen LogP contribution in [0.3, 0.4) is 0 Å². The number of hydrogen-bond donors (Lipinski definition) is 3. The Balaban J connectivity index is 2.70. The van der Waals surface area contributed by atoms with Crippen molar-refractivity contribution in [2.75, 3.05) is 12.3 Å². The topological polar surface area (TPSA) is 111 Å². The van der Waals surface area contributed by atoms with Crippen LogP contribution in [0.5, 0.6) is 0 Å². The first kappa shape index (κ1) is 9.97. The molecule has 0 radical (unpaired) electrons. The number of primary amides is 1. The first-order valence-electron chi connectivity index (χ1n) is 3.88. The molecule has 0 saturated carbocycles. The van der Waals surface area contributed by atoms with Crippen molar-refractivity contribution in [2.24, 2.45) is 5.73 Å². The molecule has 0 aromatic carbocycles. The molecule has 2 amide bonds. The van der Waals surface area contributed by atoms with Gasteiger partial charge >= 0.3 is 0 Å². The van der Waals surface area contributed by atoms with E-state index in [0.717, 1.165) is 0 Å². The number of nitrogen functional groups attached to an aromatic ring is 1. The summed E-state index contributed by atoms with van der Waals surface area (Å²) in [4.78, 5) is 25.5. The molecule has 0 fully saturated rings. The van der Waals surface area contributed by atoms with Gasteiger partial charge < -0.3 is 16.8 Å². The highest BCUT2D eigenvalue weighted by atomic mass is 16.2. The number of rotatable bonds is 3. The van der Waals surface area contributed by atoms with E-state index in [4.69, 9.17) is 11.5 Å². The van der Waals surface area contributed by atoms with E-state index in [-0.39, 0.29) is 17.9 Å². The number of amides is 2. The summed E-state index contributed by atoms with van der Waals surface area (Å²) in [6.07, 6.45) is 1.44. The average Bonchev–Trinajstić information content (AvgIpc) is 2.15. The van der Waals surface area contributed by atoms with Gasteiger partial charge in [0.05, 0.1) is 12.2 Å². The van der Waals surface area contributed by atoms with Gasteiger partial charge in [0.2, 0.25) is 5.91 Å². The van der Waals surface area contributed by atoms with E-state index in [1.54, 1.807) is 12.1 Å². The Labute approximate surface area is 80.3 Å². The predicted molar refractivity (Wildman–Crippen MR) is 50.2 cm³/mol. The molecule has 0 aliphatic carbocycles. The number of carbonyl (C=O) groups is 2. The SMILES string of the molecule is NC(=O)CNC(=O)c1ncccc1N. The zero-order valence-corrected chi connectivity index (χ0v) is 7.36. The van der Waals surface area contributed by atoms with Gasteiger partial charge in [-0.3, -0.25) is 9.59 Å². The molecular formula is C8H10N4O2. The van der Waals surface area contributed by atoms with Crippen LogP contribution in [0.25, 0.3) is 0 Å². The lowest BCUT2D eigenvalue weighted by atomic mass is 10.3. The van der Waals surface area contributed by atoms with E-state index in [2.05, 4.69) is 10.3 Å². The molecule has 5 N–H and O–H groups in total. The minimum atomic E-state index is -0.618. The summed E-state index contributed by atoms with van der Waals surface area (Å²) < 4.78 is 0. The molecule has 1 aromatic rings. The van der Waals surface area contributed by atoms with Crippen LogP contribution in [0.4, 0.5) is 5.69 Å². The fourth-order valence-corrected chi connectivity index (χ4v) is 0.859. The third-order valence-corrected chi connectivity index (χ3v) is 1.48. The van der Waals surface area contributed by atoms with Crippen LogP contribution in [0.15, 0.2) is 18.3 Å². The summed E-state index contributed by atoms with van der Waals surface area (Å²) >= 11 is 0. The van der Waals surface area contributed by atoms with Crippen LogP contribution >= 0.6 is 0 Å². The number of pyridine rings is 1. The van der Waals surface area contributed by atoms with Gasteiger partial charge in [-0.15, -0.1) is 0 Å². The number of carbonyl (C=O) groups excluding carboxylic acids is 2. The Hall–Kier alpha value is -2.11. The van der Waals surface area contributed by atoms with Crippen molar-refractivity contribution in [1.82, 2.24) is 10.3 Å². The van der Waals surface area contributed by atoms with Crippen LogP contribution < -0.4 is 16.8 Å². The van der Waals surface area contributed by atoms with Crippen molar-refractivity contribution in [2.45, 2.75) is 0 Å². The van der Waals surface area contributed by atoms with Crippen molar-refractivity contribution in [3.63, 3.8) is 0 Å². The molecule has 0 aliphatic rings. The molecule has 14 heavy (non-hydrogen) atoms. The Bertz CT molecular complexity index is 364. The number of nitrogens with two attached hydrogens (primary N) is 2. The smallest absolute Gasteiger partial charge is 0.272 e. The lowest BCUT2D eigenvalue weighted by molar-refractivity contribution is -0.117. The first-order chi connectivity index (χ1) is 6.61. The molecule has 0 unspecified atom stereocenters. The Morgan fingerprint density at radius 1 is 1.50 bits per heavy atom. The fourth-order valence-electron chi connectivity index (χ4n) is 0.859. The molecule has 0 aliphatic heterocycles. The van der Waals surface area contributed by atoms with Crippen molar-refractivity contribution in [3.8, 4) is 0 Å². The molecule has 0 bridgehead atoms. The van der Waals surface area contributed by atoms with Crippen LogP contribution in [0.2, 0.25) is 0 Å². The molecule has 1 rings (SSSR count). The maximum Gasteiger partial charge on any atom is 0.272 e. The Morgan fingerprint density at radius 2 is 2.21 bits per heavy atom. The van der Waals surface area contributed by atoms with Crippen molar-refractivity contribution >= 4 is 17.5 Å². The maximum atomic E-state index is 11.3. The van der Waals surface area contributed by atoms with Crippen LogP contribution in [0, 0.1) is 0 Å². The minimum Gasteiger partial charge on any atom is -0.397 e. The summed E-state index contributed by atoms with van der Waals surface area (Å²) in [5, 5.41) is 2.28. The van der Waals surface area contributed by atoms with Crippen LogP contribution in [0.1, 0.15) is 10.5 Å². The maximum absolute atomic E-state index is 11.3. The third kappa shape index (κ3) is 2.44. The number of hydrogen-bond acceptors (Lipinski definition) is 4. The normalized spacial score (nSPS) is 9.43. The van der Waals surface area contributed by atoms with Crippen molar-refractivity contribution < 1.29 is 9.59 Å². The van der Waals surface area contributed by atoms with Gasteiger partial charge in [-0.05, 0) is 12.1 Å². The summed E-state index contributed by atoms with van der Waals surface area (Å²) in [7, 11) is 0. The molecule has 6 heteroatoms. The second kappa shape index (κ2) is 4.22. The zero-order valence-electron chi connectivity index (χ0n) is 7.36. The largest absolute Gasteiger partial charge is 0.397 e. The number of aromatic nitrogens is 1. The van der Waals surface area contributed by atoms with E-state index in [1.807, 2.05) is 0 Å². The molecule has 0 atom stereocenters. The molecule has 74 valence electrons. The van der Waals surface area contributed by atoms with E-state index in [1.165, 1.54) is 6.20 Å². The second-order valence-electron chi connectivity index (χ2n) is 2.59. The summed E-state index contributed by atoms with van der Waals surface area (Å²) in [6.45, 7) is -0.227. The van der Waals surface area contributed by atoms with Crippen molar-refractivity contribution in [3.05, 3.63) is 24.0 Å². The van der Waals surface area contributed by atoms with E-state index >= 15 is 0 Å². The highest BCUT2D eigenvalue weighted by Gasteiger charge is 2.10. The standard InChI is InChI=1S/C8H10N4O2/c9-5-2-1-3-11-7(5)8(14)12-4-6(10)13/h1-3H,4,9H2,(H2,10,13)(H,12,14). The summed E-state index contributed by atoms with van der Waals surface area (Å²) in [5.74, 6) is -1.13. The highest BCUT2D eigenvalue weighted by molar-refractivity contribution is 5.98. The summed E-state index contributed by atoms with van der Waals surface area (Å²) in [6, 6.07) is 3.16. The van der Waals surface area contributed by atoms with Crippen molar-refractivity contribution in [1.29, 1.82) is 0 Å². The lowest BCUT2D eigenvalue weighted by Gasteiger charge is -2.03. The predicted octanol–water partition coefficient (Wildman–Crippen LogP) is -1.12. The van der Waals surface area contributed by atoms with Gasteiger partial charge in [0.15, 0.2) is 5.69 Å². The Kier molecular flexibility index (Phi) is 3.01. The van der Waals surface area contributed by atoms with Gasteiger partial charge in [-0.25, -0.2) is 4.98 Å². The molecule has 0 saturated heterocycles. The number of anilines is 1. The average molecular weight is 194 g/mol. The molecule has 6 nitrogen and oxygen atoms in total. The zero-order chi connectivity index (χ0) is 10.6. The molecular weight excluding hydrogens is 184 g/mol. The third-order valence-electron chi connectivity index (χ3n) is 1.48. The van der Waals surface area contributed by atoms with Gasteiger partial charge in [0, 0.05) is 6.20 Å². The quantitative estimate of drug-likeness (QED) is 0.565. The minimum absolute atomic E-state index is 0.0914. The molecule has 1 aromatic heterocycles. The van der Waals surface area contributed by atoms with Gasteiger partial charge in [0.25, 0.3) is 5.91 Å². The first-order valence-corrected chi connectivity index (χ1v) is 3.88. The fraction of sp³-hybridized carbons (Fsp3) is 0.125. The van der Waals surface area contributed by atoms with Crippen LogP contribution in [-0.2, 0) is 4.79 Å². The molecule has 1 heterocycles. The van der Waals surface area contributed by atoms with Gasteiger partial charge in [-0.2, -0.15) is 0 Å². The van der Waals surface area contributed by atoms with Crippen LogP contribution in [-0.4, -0.2) is 23.3 Å². The van der Waals surface area contributed by atoms with E-state index < -0.39 is 11.8 Å².